The molecule has 2 N–H and O–H groups in total. The van der Waals surface area contributed by atoms with Crippen LogP contribution in [0.5, 0.6) is 0 Å². The van der Waals surface area contributed by atoms with Gasteiger partial charge in [0.15, 0.2) is 0 Å². The quantitative estimate of drug-likeness (QED) is 0.857. The molecule has 0 aromatic carbocycles. The van der Waals surface area contributed by atoms with Gasteiger partial charge in [0.25, 0.3) is 0 Å². The Morgan fingerprint density at radius 1 is 1.32 bits per heavy atom. The van der Waals surface area contributed by atoms with Crippen LogP contribution in [-0.4, -0.2) is 52.3 Å². The number of likely N-dealkylation sites (N-methyl/N-ethyl adjacent to an activating group) is 1. The number of nitrogens with zero attached hydrogens (tertiary/aromatic N) is 3. The van der Waals surface area contributed by atoms with E-state index in [4.69, 9.17) is 0 Å². The van der Waals surface area contributed by atoms with Crippen molar-refractivity contribution in [3.63, 3.8) is 0 Å². The number of thiophene rings is 1. The first kappa shape index (κ1) is 15.6. The average molecular weight is 320 g/mol. The van der Waals surface area contributed by atoms with Crippen LogP contribution < -0.4 is 5.32 Å². The number of hydrogen-bond acceptors (Lipinski definition) is 6. The summed E-state index contributed by atoms with van der Waals surface area (Å²) in [7, 11) is 2.13. The molecule has 120 valence electrons. The van der Waals surface area contributed by atoms with Crippen molar-refractivity contribution >= 4 is 27.4 Å². The third-order valence-corrected chi connectivity index (χ3v) is 5.77. The Kier molecular flexibility index (Phi) is 4.90. The van der Waals surface area contributed by atoms with Crippen LogP contribution >= 0.6 is 11.3 Å². The number of aromatic nitrogens is 2. The van der Waals surface area contributed by atoms with Gasteiger partial charge < -0.3 is 10.4 Å². The minimum Gasteiger partial charge on any atom is -0.395 e. The van der Waals surface area contributed by atoms with Crippen molar-refractivity contribution in [1.82, 2.24) is 14.9 Å². The molecular weight excluding hydrogens is 296 g/mol. The van der Waals surface area contributed by atoms with E-state index in [-0.39, 0.29) is 12.1 Å². The Balaban J connectivity index is 1.77. The minimum atomic E-state index is 0.121. The lowest BCUT2D eigenvalue weighted by atomic mass is 9.80. The molecule has 2 aromatic rings. The molecule has 1 aliphatic carbocycles. The van der Waals surface area contributed by atoms with E-state index in [1.807, 2.05) is 6.07 Å². The van der Waals surface area contributed by atoms with E-state index < -0.39 is 0 Å². The maximum absolute atomic E-state index is 9.30. The topological polar surface area (TPSA) is 61.3 Å². The predicted octanol–water partition coefficient (Wildman–Crippen LogP) is 2.73. The van der Waals surface area contributed by atoms with Gasteiger partial charge in [-0.25, -0.2) is 9.97 Å². The number of rotatable bonds is 6. The lowest BCUT2D eigenvalue weighted by Crippen LogP contribution is -2.53. The lowest BCUT2D eigenvalue weighted by molar-refractivity contribution is 0.0690. The third-order valence-electron chi connectivity index (χ3n) is 4.86. The number of β-amino-alcohol motifs (C(OH)–C–C–N with tert-alkyl or cyclic N) is 1. The molecule has 2 heterocycles. The average Bonchev–Trinajstić information content (AvgIpc) is 3.03. The van der Waals surface area contributed by atoms with Gasteiger partial charge in [0.05, 0.1) is 16.8 Å². The van der Waals surface area contributed by atoms with Gasteiger partial charge in [-0.15, -0.1) is 11.3 Å². The molecule has 5 nitrogen and oxygen atoms in total. The van der Waals surface area contributed by atoms with Gasteiger partial charge in [0, 0.05) is 18.6 Å². The van der Waals surface area contributed by atoms with Crippen molar-refractivity contribution in [3.05, 3.63) is 17.8 Å². The smallest absolute Gasteiger partial charge is 0.147 e. The van der Waals surface area contributed by atoms with Crippen LogP contribution in [0.3, 0.4) is 0 Å². The number of fused-ring (bicyclic) bond motifs is 1. The van der Waals surface area contributed by atoms with Gasteiger partial charge >= 0.3 is 0 Å². The molecule has 1 fully saturated rings. The highest BCUT2D eigenvalue weighted by Crippen LogP contribution is 2.34. The summed E-state index contributed by atoms with van der Waals surface area (Å²) >= 11 is 1.68. The maximum Gasteiger partial charge on any atom is 0.147 e. The van der Waals surface area contributed by atoms with Crippen molar-refractivity contribution < 1.29 is 5.11 Å². The molecule has 0 amide bonds. The highest BCUT2D eigenvalue weighted by atomic mass is 32.1. The number of aliphatic hydroxyl groups excluding tert-OH is 1. The largest absolute Gasteiger partial charge is 0.395 e. The Morgan fingerprint density at radius 2 is 2.14 bits per heavy atom. The summed E-state index contributed by atoms with van der Waals surface area (Å²) in [6.07, 6.45) is 7.81. The van der Waals surface area contributed by atoms with Gasteiger partial charge in [0.2, 0.25) is 0 Å². The summed E-state index contributed by atoms with van der Waals surface area (Å²) in [5.74, 6) is 0.933. The number of aliphatic hydroxyl groups is 1. The molecule has 0 aliphatic heterocycles. The van der Waals surface area contributed by atoms with E-state index in [1.54, 1.807) is 17.7 Å². The van der Waals surface area contributed by atoms with Gasteiger partial charge in [-0.05, 0) is 31.3 Å². The van der Waals surface area contributed by atoms with Crippen LogP contribution in [0.2, 0.25) is 0 Å². The summed E-state index contributed by atoms with van der Waals surface area (Å²) in [4.78, 5) is 11.0. The van der Waals surface area contributed by atoms with Crippen LogP contribution in [0.15, 0.2) is 17.8 Å². The van der Waals surface area contributed by atoms with Crippen molar-refractivity contribution in [1.29, 1.82) is 0 Å². The van der Waals surface area contributed by atoms with E-state index in [2.05, 4.69) is 32.6 Å². The fourth-order valence-electron chi connectivity index (χ4n) is 3.45. The Labute approximate surface area is 135 Å². The molecular formula is C16H24N4OS. The molecule has 0 unspecified atom stereocenters. The van der Waals surface area contributed by atoms with Crippen LogP contribution in [0, 0.1) is 0 Å². The van der Waals surface area contributed by atoms with Gasteiger partial charge in [-0.3, -0.25) is 4.90 Å². The summed E-state index contributed by atoms with van der Waals surface area (Å²) in [6.45, 7) is 1.80. The molecule has 2 aromatic heterocycles. The number of nitrogens with one attached hydrogen (secondary N) is 1. The molecule has 0 spiro atoms. The first-order chi connectivity index (χ1) is 10.7. The lowest BCUT2D eigenvalue weighted by Gasteiger charge is -2.45. The Bertz CT molecular complexity index is 609. The third kappa shape index (κ3) is 3.09. The number of hydrogen-bond donors (Lipinski definition) is 2. The zero-order valence-electron chi connectivity index (χ0n) is 13.1. The molecule has 0 bridgehead atoms. The van der Waals surface area contributed by atoms with Gasteiger partial charge in [0.1, 0.15) is 12.1 Å². The SMILES string of the molecule is CN(CCO)C1(CNc2ncnc3ccsc23)CCCCC1. The van der Waals surface area contributed by atoms with E-state index in [1.165, 1.54) is 32.1 Å². The van der Waals surface area contributed by atoms with E-state index in [9.17, 15) is 5.11 Å². The maximum atomic E-state index is 9.30. The zero-order valence-corrected chi connectivity index (χ0v) is 13.9. The summed E-state index contributed by atoms with van der Waals surface area (Å²) in [6, 6.07) is 2.03. The van der Waals surface area contributed by atoms with Crippen LogP contribution in [0.1, 0.15) is 32.1 Å². The second-order valence-corrected chi connectivity index (χ2v) is 7.06. The van der Waals surface area contributed by atoms with Crippen LogP contribution in [0.4, 0.5) is 5.82 Å². The normalized spacial score (nSPS) is 18.0. The van der Waals surface area contributed by atoms with Gasteiger partial charge in [-0.1, -0.05) is 19.3 Å². The van der Waals surface area contributed by atoms with Crippen molar-refractivity contribution in [2.45, 2.75) is 37.6 Å². The van der Waals surface area contributed by atoms with Crippen molar-refractivity contribution in [2.24, 2.45) is 0 Å². The van der Waals surface area contributed by atoms with Crippen LogP contribution in [0.25, 0.3) is 10.2 Å². The minimum absolute atomic E-state index is 0.121. The first-order valence-corrected chi connectivity index (χ1v) is 8.87. The van der Waals surface area contributed by atoms with E-state index in [0.29, 0.717) is 0 Å². The molecule has 0 saturated heterocycles. The molecule has 6 heteroatoms. The fraction of sp³-hybridized carbons (Fsp3) is 0.625. The van der Waals surface area contributed by atoms with Gasteiger partial charge in [-0.2, -0.15) is 0 Å². The van der Waals surface area contributed by atoms with E-state index in [0.717, 1.165) is 29.1 Å². The predicted molar refractivity (Wildman–Crippen MR) is 91.4 cm³/mol. The van der Waals surface area contributed by atoms with E-state index >= 15 is 0 Å². The monoisotopic (exact) mass is 320 g/mol. The molecule has 1 aliphatic rings. The summed E-state index contributed by atoms with van der Waals surface area (Å²) < 4.78 is 1.12. The highest BCUT2D eigenvalue weighted by Gasteiger charge is 2.35. The standard InChI is InChI=1S/C16H24N4OS/c1-20(8-9-21)16(6-3-2-4-7-16)11-17-15-14-13(5-10-22-14)18-12-19-15/h5,10,12,21H,2-4,6-9,11H2,1H3,(H,17,18,19). The molecule has 1 saturated carbocycles. The molecule has 0 atom stereocenters. The summed E-state index contributed by atoms with van der Waals surface area (Å²) in [5.41, 5.74) is 1.12. The second kappa shape index (κ2) is 6.89. The second-order valence-electron chi connectivity index (χ2n) is 6.14. The molecule has 22 heavy (non-hydrogen) atoms. The Morgan fingerprint density at radius 3 is 2.91 bits per heavy atom. The Hall–Kier alpha value is -1.24. The fourth-order valence-corrected chi connectivity index (χ4v) is 4.26. The first-order valence-electron chi connectivity index (χ1n) is 7.99. The molecule has 0 radical (unpaired) electrons. The van der Waals surface area contributed by atoms with Crippen molar-refractivity contribution in [3.8, 4) is 0 Å². The van der Waals surface area contributed by atoms with Crippen LogP contribution in [-0.2, 0) is 0 Å². The number of anilines is 1. The highest BCUT2D eigenvalue weighted by molar-refractivity contribution is 7.17. The van der Waals surface area contributed by atoms with Crippen molar-refractivity contribution in [2.75, 3.05) is 32.1 Å². The zero-order chi connectivity index (χ0) is 15.4. The summed E-state index contributed by atoms with van der Waals surface area (Å²) in [5, 5.41) is 14.9. The molecule has 3 rings (SSSR count).